The standard InChI is InChI=1S/C24H30ClN5O2S2/c1-5-12-30(13-6-2)34(31,32)19-10-11-23-20(14-19)18(16-29(23)4)15-26-28-24(33)27-22-9-7-8-21(25)17(22)3/h7-11,14-16H,5-6,12-13H2,1-4H3,(H2,27,28,33)/b26-15-. The third-order valence-electron chi connectivity index (χ3n) is 5.46. The van der Waals surface area contributed by atoms with Gasteiger partial charge in [0.15, 0.2) is 5.11 Å². The van der Waals surface area contributed by atoms with Gasteiger partial charge >= 0.3 is 0 Å². The summed E-state index contributed by atoms with van der Waals surface area (Å²) in [5.41, 5.74) is 6.18. The van der Waals surface area contributed by atoms with Crippen LogP contribution in [0.3, 0.4) is 0 Å². The summed E-state index contributed by atoms with van der Waals surface area (Å²) in [6.07, 6.45) is 5.06. The smallest absolute Gasteiger partial charge is 0.243 e. The zero-order valence-electron chi connectivity index (χ0n) is 19.8. The van der Waals surface area contributed by atoms with Gasteiger partial charge in [0.25, 0.3) is 0 Å². The van der Waals surface area contributed by atoms with Crippen molar-refractivity contribution in [1.82, 2.24) is 14.3 Å². The zero-order valence-corrected chi connectivity index (χ0v) is 22.2. The second-order valence-corrected chi connectivity index (χ2v) is 10.8. The van der Waals surface area contributed by atoms with Gasteiger partial charge in [-0.1, -0.05) is 31.5 Å². The second kappa shape index (κ2) is 11.3. The van der Waals surface area contributed by atoms with E-state index in [2.05, 4.69) is 15.8 Å². The number of aryl methyl sites for hydroxylation is 1. The maximum absolute atomic E-state index is 13.2. The Kier molecular flexibility index (Phi) is 8.70. The van der Waals surface area contributed by atoms with E-state index < -0.39 is 10.0 Å². The first kappa shape index (κ1) is 26.2. The van der Waals surface area contributed by atoms with Gasteiger partial charge in [-0.15, -0.1) is 0 Å². The number of nitrogens with zero attached hydrogens (tertiary/aromatic N) is 3. The fraction of sp³-hybridized carbons (Fsp3) is 0.333. The fourth-order valence-electron chi connectivity index (χ4n) is 3.72. The Bertz CT molecular complexity index is 1310. The number of aromatic nitrogens is 1. The van der Waals surface area contributed by atoms with E-state index in [1.165, 1.54) is 0 Å². The van der Waals surface area contributed by atoms with Crippen molar-refractivity contribution in [1.29, 1.82) is 0 Å². The molecule has 10 heteroatoms. The summed E-state index contributed by atoms with van der Waals surface area (Å²) in [7, 11) is -1.67. The van der Waals surface area contributed by atoms with Gasteiger partial charge < -0.3 is 9.88 Å². The number of fused-ring (bicyclic) bond motifs is 1. The normalized spacial score (nSPS) is 12.1. The summed E-state index contributed by atoms with van der Waals surface area (Å²) in [4.78, 5) is 0.282. The molecule has 182 valence electrons. The molecule has 3 aromatic rings. The van der Waals surface area contributed by atoms with Crippen molar-refractivity contribution in [3.63, 3.8) is 0 Å². The number of nitrogens with one attached hydrogen (secondary N) is 2. The third-order valence-corrected chi connectivity index (χ3v) is 7.96. The number of rotatable bonds is 9. The minimum atomic E-state index is -3.58. The molecule has 0 saturated heterocycles. The molecular weight excluding hydrogens is 490 g/mol. The van der Waals surface area contributed by atoms with E-state index in [-0.39, 0.29) is 4.90 Å². The second-order valence-electron chi connectivity index (χ2n) is 8.01. The SMILES string of the molecule is CCCN(CCC)S(=O)(=O)c1ccc2c(c1)c(/C=N\NC(=S)Nc1cccc(Cl)c1C)cn2C. The van der Waals surface area contributed by atoms with Crippen LogP contribution in [-0.2, 0) is 17.1 Å². The van der Waals surface area contributed by atoms with Gasteiger partial charge in [-0.2, -0.15) is 9.41 Å². The number of anilines is 1. The molecule has 0 atom stereocenters. The van der Waals surface area contributed by atoms with E-state index in [0.717, 1.165) is 40.6 Å². The molecule has 0 fully saturated rings. The predicted octanol–water partition coefficient (Wildman–Crippen LogP) is 5.27. The van der Waals surface area contributed by atoms with Crippen LogP contribution in [0.5, 0.6) is 0 Å². The molecule has 0 unspecified atom stereocenters. The molecule has 0 aliphatic heterocycles. The van der Waals surface area contributed by atoms with Crippen molar-refractivity contribution in [2.75, 3.05) is 18.4 Å². The van der Waals surface area contributed by atoms with Crippen molar-refractivity contribution in [3.8, 4) is 0 Å². The fourth-order valence-corrected chi connectivity index (χ4v) is 5.71. The molecule has 0 bridgehead atoms. The lowest BCUT2D eigenvalue weighted by Gasteiger charge is -2.21. The maximum Gasteiger partial charge on any atom is 0.243 e. The summed E-state index contributed by atoms with van der Waals surface area (Å²) in [6.45, 7) is 6.86. The van der Waals surface area contributed by atoms with Crippen LogP contribution in [-0.4, -0.2) is 41.7 Å². The van der Waals surface area contributed by atoms with Gasteiger partial charge in [0.05, 0.1) is 11.1 Å². The zero-order chi connectivity index (χ0) is 24.9. The Morgan fingerprint density at radius 2 is 1.91 bits per heavy atom. The van der Waals surface area contributed by atoms with Crippen LogP contribution >= 0.6 is 23.8 Å². The number of hydrogen-bond acceptors (Lipinski definition) is 4. The largest absolute Gasteiger partial charge is 0.350 e. The van der Waals surface area contributed by atoms with Gasteiger partial charge in [-0.05, 0) is 67.9 Å². The van der Waals surface area contributed by atoms with E-state index in [9.17, 15) is 8.42 Å². The number of thiocarbonyl (C=S) groups is 1. The Balaban J connectivity index is 1.83. The predicted molar refractivity (Wildman–Crippen MR) is 145 cm³/mol. The van der Waals surface area contributed by atoms with Gasteiger partial charge in [-0.25, -0.2) is 8.42 Å². The quantitative estimate of drug-likeness (QED) is 0.229. The van der Waals surface area contributed by atoms with Crippen LogP contribution in [0.2, 0.25) is 5.02 Å². The number of halogens is 1. The van der Waals surface area contributed by atoms with Gasteiger partial charge in [0.1, 0.15) is 0 Å². The van der Waals surface area contributed by atoms with Crippen LogP contribution in [0.15, 0.2) is 52.6 Å². The number of hydrogen-bond donors (Lipinski definition) is 2. The molecule has 0 spiro atoms. The molecule has 7 nitrogen and oxygen atoms in total. The monoisotopic (exact) mass is 519 g/mol. The first-order chi connectivity index (χ1) is 16.2. The summed E-state index contributed by atoms with van der Waals surface area (Å²) in [5.74, 6) is 0. The highest BCUT2D eigenvalue weighted by atomic mass is 35.5. The molecule has 2 N–H and O–H groups in total. The van der Waals surface area contributed by atoms with Crippen molar-refractivity contribution in [2.24, 2.45) is 12.1 Å². The van der Waals surface area contributed by atoms with Crippen molar-refractivity contribution in [2.45, 2.75) is 38.5 Å². The molecule has 1 aromatic heterocycles. The molecular formula is C24H30ClN5O2S2. The lowest BCUT2D eigenvalue weighted by atomic mass is 10.2. The molecule has 1 heterocycles. The number of hydrazone groups is 1. The highest BCUT2D eigenvalue weighted by molar-refractivity contribution is 7.89. The molecule has 0 aliphatic carbocycles. The molecule has 0 aliphatic rings. The maximum atomic E-state index is 13.2. The number of sulfonamides is 1. The number of benzene rings is 2. The minimum Gasteiger partial charge on any atom is -0.350 e. The van der Waals surface area contributed by atoms with Crippen LogP contribution in [0.25, 0.3) is 10.9 Å². The summed E-state index contributed by atoms with van der Waals surface area (Å²) < 4.78 is 30.0. The van der Waals surface area contributed by atoms with Crippen molar-refractivity contribution < 1.29 is 8.42 Å². The summed E-state index contributed by atoms with van der Waals surface area (Å²) in [6, 6.07) is 10.8. The Morgan fingerprint density at radius 1 is 1.21 bits per heavy atom. The molecule has 34 heavy (non-hydrogen) atoms. The van der Waals surface area contributed by atoms with E-state index in [4.69, 9.17) is 23.8 Å². The van der Waals surface area contributed by atoms with Gasteiger partial charge in [0, 0.05) is 53.5 Å². The van der Waals surface area contributed by atoms with Crippen LogP contribution in [0.1, 0.15) is 37.8 Å². The summed E-state index contributed by atoms with van der Waals surface area (Å²) in [5, 5.41) is 9.10. The average Bonchev–Trinajstić information content (AvgIpc) is 3.11. The lowest BCUT2D eigenvalue weighted by molar-refractivity contribution is 0.410. The molecule has 0 amide bonds. The molecule has 3 rings (SSSR count). The average molecular weight is 520 g/mol. The topological polar surface area (TPSA) is 78.7 Å². The highest BCUT2D eigenvalue weighted by Gasteiger charge is 2.24. The van der Waals surface area contributed by atoms with Crippen LogP contribution in [0.4, 0.5) is 5.69 Å². The van der Waals surface area contributed by atoms with Crippen molar-refractivity contribution in [3.05, 3.63) is 58.7 Å². The Morgan fingerprint density at radius 3 is 2.59 bits per heavy atom. The molecule has 0 radical (unpaired) electrons. The van der Waals surface area contributed by atoms with Crippen LogP contribution < -0.4 is 10.7 Å². The first-order valence-electron chi connectivity index (χ1n) is 11.1. The first-order valence-corrected chi connectivity index (χ1v) is 13.4. The van der Waals surface area contributed by atoms with Crippen molar-refractivity contribution >= 4 is 61.8 Å². The summed E-state index contributed by atoms with van der Waals surface area (Å²) >= 11 is 11.5. The Hall–Kier alpha value is -2.46. The van der Waals surface area contributed by atoms with E-state index in [1.807, 2.05) is 62.8 Å². The molecule has 0 saturated carbocycles. The molecule has 2 aromatic carbocycles. The van der Waals surface area contributed by atoms with E-state index >= 15 is 0 Å². The highest BCUT2D eigenvalue weighted by Crippen LogP contribution is 2.26. The van der Waals surface area contributed by atoms with Gasteiger partial charge in [0.2, 0.25) is 10.0 Å². The van der Waals surface area contributed by atoms with Crippen LogP contribution in [0, 0.1) is 6.92 Å². The van der Waals surface area contributed by atoms with E-state index in [0.29, 0.717) is 23.2 Å². The van der Waals surface area contributed by atoms with Gasteiger partial charge in [-0.3, -0.25) is 5.43 Å². The minimum absolute atomic E-state index is 0.282. The Labute approximate surface area is 211 Å². The third kappa shape index (κ3) is 5.78. The van der Waals surface area contributed by atoms with E-state index in [1.54, 1.807) is 22.7 Å². The lowest BCUT2D eigenvalue weighted by Crippen LogP contribution is -2.32.